The Morgan fingerprint density at radius 2 is 2.08 bits per heavy atom. The van der Waals surface area contributed by atoms with Crippen LogP contribution >= 0.6 is 0 Å². The molecular weight excluding hydrogens is 341 g/mol. The largest absolute Gasteiger partial charge is 0.481 e. The van der Waals surface area contributed by atoms with E-state index in [4.69, 9.17) is 5.11 Å². The molecule has 10 heteroatoms. The van der Waals surface area contributed by atoms with Gasteiger partial charge in [0.15, 0.2) is 0 Å². The number of nitrogens with zero attached hydrogens (tertiary/aromatic N) is 3. The molecule has 1 aliphatic rings. The maximum Gasteiger partial charge on any atom is 0.394 e. The van der Waals surface area contributed by atoms with Crippen molar-refractivity contribution in [2.75, 3.05) is 13.1 Å². The molecule has 0 aliphatic carbocycles. The van der Waals surface area contributed by atoms with Crippen molar-refractivity contribution >= 4 is 17.6 Å². The molecule has 2 N–H and O–H groups in total. The minimum atomic E-state index is -4.67. The number of urea groups is 1. The normalized spacial score (nSPS) is 20.8. The second-order valence-corrected chi connectivity index (χ2v) is 5.85. The second kappa shape index (κ2) is 6.26. The van der Waals surface area contributed by atoms with Crippen molar-refractivity contribution < 1.29 is 27.9 Å². The third kappa shape index (κ3) is 3.52. The van der Waals surface area contributed by atoms with E-state index in [0.29, 0.717) is 11.3 Å². The van der Waals surface area contributed by atoms with Gasteiger partial charge in [-0.05, 0) is 12.1 Å². The molecule has 134 valence electrons. The highest BCUT2D eigenvalue weighted by atomic mass is 19.4. The van der Waals surface area contributed by atoms with Crippen LogP contribution in [0.5, 0.6) is 0 Å². The summed E-state index contributed by atoms with van der Waals surface area (Å²) in [6, 6.07) is 4.65. The van der Waals surface area contributed by atoms with E-state index in [0.717, 1.165) is 4.90 Å². The van der Waals surface area contributed by atoms with Gasteiger partial charge in [-0.2, -0.15) is 13.2 Å². The van der Waals surface area contributed by atoms with Gasteiger partial charge in [0.05, 0.1) is 24.1 Å². The number of carbonyl (C=O) groups is 2. The van der Waals surface area contributed by atoms with Crippen molar-refractivity contribution in [3.8, 4) is 0 Å². The number of nitrogens with one attached hydrogen (secondary N) is 1. The first kappa shape index (κ1) is 17.1. The molecule has 0 bridgehead atoms. The Kier molecular flexibility index (Phi) is 4.27. The fourth-order valence-electron chi connectivity index (χ4n) is 2.90. The highest BCUT2D eigenvalue weighted by Crippen LogP contribution is 2.37. The van der Waals surface area contributed by atoms with Gasteiger partial charge in [0.1, 0.15) is 5.65 Å². The lowest BCUT2D eigenvalue weighted by Gasteiger charge is -2.18. The Balaban J connectivity index is 1.64. The predicted octanol–water partition coefficient (Wildman–Crippen LogP) is 1.74. The number of likely N-dealkylation sites (tertiary alicyclic amines) is 1. The molecule has 0 aromatic carbocycles. The smallest absolute Gasteiger partial charge is 0.394 e. The average Bonchev–Trinajstić information content (AvgIpc) is 3.16. The number of fused-ring (bicyclic) bond motifs is 1. The number of aliphatic carboxylic acids is 1. The molecule has 0 unspecified atom stereocenters. The number of alkyl halides is 3. The molecule has 0 radical (unpaired) electrons. The number of imidazole rings is 1. The van der Waals surface area contributed by atoms with Crippen LogP contribution in [0.25, 0.3) is 5.65 Å². The predicted molar refractivity (Wildman–Crippen MR) is 79.7 cm³/mol. The van der Waals surface area contributed by atoms with Crippen molar-refractivity contribution in [3.05, 3.63) is 36.3 Å². The monoisotopic (exact) mass is 356 g/mol. The Morgan fingerprint density at radius 3 is 2.68 bits per heavy atom. The van der Waals surface area contributed by atoms with Crippen LogP contribution in [-0.4, -0.2) is 50.7 Å². The molecule has 3 heterocycles. The standard InChI is InChI=1S/C15H15F3N4O3/c16-15(17,18)11-8-22(7-10(11)13(23)24)14(25)19-5-9-6-21-4-2-1-3-12(21)20-9/h1-4,6,10-11H,5,7-8H2,(H,19,25)(H,23,24)/t10-,11-/m1/s1. The van der Waals surface area contributed by atoms with Crippen LogP contribution in [-0.2, 0) is 11.3 Å². The van der Waals surface area contributed by atoms with Gasteiger partial charge >= 0.3 is 18.2 Å². The molecule has 7 nitrogen and oxygen atoms in total. The maximum absolute atomic E-state index is 12.9. The van der Waals surface area contributed by atoms with E-state index < -0.39 is 43.1 Å². The summed E-state index contributed by atoms with van der Waals surface area (Å²) in [7, 11) is 0. The van der Waals surface area contributed by atoms with Gasteiger partial charge in [-0.15, -0.1) is 0 Å². The third-order valence-electron chi connectivity index (χ3n) is 4.18. The van der Waals surface area contributed by atoms with Gasteiger partial charge in [0, 0.05) is 25.5 Å². The Bertz CT molecular complexity index is 772. The number of hydrogen-bond donors (Lipinski definition) is 2. The number of carboxylic acids is 1. The summed E-state index contributed by atoms with van der Waals surface area (Å²) in [5.74, 6) is -5.27. The van der Waals surface area contributed by atoms with Crippen molar-refractivity contribution in [2.24, 2.45) is 11.8 Å². The first-order valence-corrected chi connectivity index (χ1v) is 7.50. The number of carboxylic acid groups (broad SMARTS) is 1. The zero-order valence-corrected chi connectivity index (χ0v) is 12.9. The Morgan fingerprint density at radius 1 is 1.32 bits per heavy atom. The number of aromatic nitrogens is 2. The quantitative estimate of drug-likeness (QED) is 0.877. The molecule has 2 amide bonds. The summed E-state index contributed by atoms with van der Waals surface area (Å²) in [5.41, 5.74) is 1.22. The fraction of sp³-hybridized carbons (Fsp3) is 0.400. The number of hydrogen-bond acceptors (Lipinski definition) is 3. The van der Waals surface area contributed by atoms with Crippen LogP contribution < -0.4 is 5.32 Å². The molecule has 1 saturated heterocycles. The van der Waals surface area contributed by atoms with Crippen molar-refractivity contribution in [1.82, 2.24) is 19.6 Å². The van der Waals surface area contributed by atoms with Crippen LogP contribution in [0.3, 0.4) is 0 Å². The van der Waals surface area contributed by atoms with Gasteiger partial charge in [0.25, 0.3) is 0 Å². The molecule has 1 fully saturated rings. The molecule has 2 atom stereocenters. The van der Waals surface area contributed by atoms with E-state index in [9.17, 15) is 22.8 Å². The summed E-state index contributed by atoms with van der Waals surface area (Å²) >= 11 is 0. The fourth-order valence-corrected chi connectivity index (χ4v) is 2.90. The van der Waals surface area contributed by atoms with E-state index in [2.05, 4.69) is 10.3 Å². The van der Waals surface area contributed by atoms with Gasteiger partial charge in [-0.3, -0.25) is 4.79 Å². The van der Waals surface area contributed by atoms with Crippen molar-refractivity contribution in [3.63, 3.8) is 0 Å². The Labute approximate surface area is 140 Å². The van der Waals surface area contributed by atoms with Crippen molar-refractivity contribution in [1.29, 1.82) is 0 Å². The third-order valence-corrected chi connectivity index (χ3v) is 4.18. The van der Waals surface area contributed by atoms with Crippen LogP contribution in [0.1, 0.15) is 5.69 Å². The Hall–Kier alpha value is -2.78. The van der Waals surface area contributed by atoms with Crippen LogP contribution in [0.15, 0.2) is 30.6 Å². The molecule has 0 saturated carbocycles. The summed E-state index contributed by atoms with van der Waals surface area (Å²) in [6.07, 6.45) is -1.20. The number of halogens is 3. The van der Waals surface area contributed by atoms with E-state index >= 15 is 0 Å². The minimum absolute atomic E-state index is 0.0332. The maximum atomic E-state index is 12.9. The summed E-state index contributed by atoms with van der Waals surface area (Å²) in [4.78, 5) is 28.3. The molecule has 1 aliphatic heterocycles. The SMILES string of the molecule is O=C(O)[C@@H]1CN(C(=O)NCc2cn3ccccc3n2)C[C@H]1C(F)(F)F. The topological polar surface area (TPSA) is 86.9 Å². The van der Waals surface area contributed by atoms with E-state index in [1.165, 1.54) is 0 Å². The van der Waals surface area contributed by atoms with Crippen LogP contribution in [0.2, 0.25) is 0 Å². The number of rotatable bonds is 3. The molecule has 0 spiro atoms. The van der Waals surface area contributed by atoms with E-state index in [1.54, 1.807) is 28.9 Å². The van der Waals surface area contributed by atoms with Crippen LogP contribution in [0, 0.1) is 11.8 Å². The van der Waals surface area contributed by atoms with Gasteiger partial charge in [0.2, 0.25) is 0 Å². The summed E-state index contributed by atoms with van der Waals surface area (Å²) in [5, 5.41) is 11.4. The molecular formula is C15H15F3N4O3. The number of pyridine rings is 1. The van der Waals surface area contributed by atoms with Crippen LogP contribution in [0.4, 0.5) is 18.0 Å². The van der Waals surface area contributed by atoms with Crippen molar-refractivity contribution in [2.45, 2.75) is 12.7 Å². The van der Waals surface area contributed by atoms with Gasteiger partial charge in [-0.25, -0.2) is 9.78 Å². The number of amides is 2. The molecule has 25 heavy (non-hydrogen) atoms. The zero-order valence-electron chi connectivity index (χ0n) is 12.9. The van der Waals surface area contributed by atoms with E-state index in [-0.39, 0.29) is 6.54 Å². The number of carbonyl (C=O) groups excluding carboxylic acids is 1. The van der Waals surface area contributed by atoms with Gasteiger partial charge in [-0.1, -0.05) is 6.07 Å². The lowest BCUT2D eigenvalue weighted by molar-refractivity contribution is -0.187. The lowest BCUT2D eigenvalue weighted by atomic mass is 9.96. The molecule has 2 aromatic rings. The second-order valence-electron chi connectivity index (χ2n) is 5.85. The minimum Gasteiger partial charge on any atom is -0.481 e. The first-order valence-electron chi connectivity index (χ1n) is 7.50. The lowest BCUT2D eigenvalue weighted by Crippen LogP contribution is -2.39. The zero-order chi connectivity index (χ0) is 18.2. The summed E-state index contributed by atoms with van der Waals surface area (Å²) < 4.78 is 40.6. The van der Waals surface area contributed by atoms with Gasteiger partial charge < -0.3 is 19.7 Å². The molecule has 2 aromatic heterocycles. The molecule has 3 rings (SSSR count). The highest BCUT2D eigenvalue weighted by molar-refractivity contribution is 5.77. The van der Waals surface area contributed by atoms with E-state index in [1.807, 2.05) is 6.07 Å². The first-order chi connectivity index (χ1) is 11.8. The average molecular weight is 356 g/mol. The highest BCUT2D eigenvalue weighted by Gasteiger charge is 2.53. The summed E-state index contributed by atoms with van der Waals surface area (Å²) in [6.45, 7) is -1.11.